The second kappa shape index (κ2) is 8.55. The van der Waals surface area contributed by atoms with E-state index < -0.39 is 11.4 Å². The van der Waals surface area contributed by atoms with E-state index in [4.69, 9.17) is 9.47 Å². The average molecular weight is 430 g/mol. The molecule has 162 valence electrons. The van der Waals surface area contributed by atoms with Gasteiger partial charge in [0.25, 0.3) is 0 Å². The fourth-order valence-electron chi connectivity index (χ4n) is 4.12. The first-order valence-electron chi connectivity index (χ1n) is 9.97. The number of ether oxygens (including phenoxy) is 2. The van der Waals surface area contributed by atoms with Gasteiger partial charge in [-0.15, -0.1) is 0 Å². The Labute approximate surface area is 185 Å². The van der Waals surface area contributed by atoms with Gasteiger partial charge in [-0.05, 0) is 41.5 Å². The van der Waals surface area contributed by atoms with Crippen molar-refractivity contribution < 1.29 is 24.2 Å². The number of aromatic carboxylic acids is 1. The fourth-order valence-corrected chi connectivity index (χ4v) is 4.12. The van der Waals surface area contributed by atoms with Gasteiger partial charge in [-0.2, -0.15) is 5.10 Å². The van der Waals surface area contributed by atoms with Crippen LogP contribution in [-0.2, 0) is 16.6 Å². The van der Waals surface area contributed by atoms with Crippen LogP contribution in [0.1, 0.15) is 32.9 Å². The van der Waals surface area contributed by atoms with Crippen molar-refractivity contribution in [3.05, 3.63) is 88.8 Å². The quantitative estimate of drug-likeness (QED) is 0.453. The molecular formula is C25H22N2O5. The Morgan fingerprint density at radius 3 is 2.06 bits per heavy atom. The SMILES string of the molecule is COc1ccc(C2(c3ccc(OC)cc3)C=Cc3c(C(=O)O)nn(C=CC=O)c3C2)cc1. The van der Waals surface area contributed by atoms with Gasteiger partial charge in [0.2, 0.25) is 0 Å². The number of aromatic nitrogens is 2. The first kappa shape index (κ1) is 21.1. The molecule has 3 aromatic rings. The normalized spacial score (nSPS) is 14.2. The molecule has 0 saturated heterocycles. The zero-order valence-corrected chi connectivity index (χ0v) is 17.7. The van der Waals surface area contributed by atoms with Crippen LogP contribution in [0.4, 0.5) is 0 Å². The number of allylic oxidation sites excluding steroid dienone is 2. The summed E-state index contributed by atoms with van der Waals surface area (Å²) in [4.78, 5) is 22.7. The monoisotopic (exact) mass is 430 g/mol. The topological polar surface area (TPSA) is 90.7 Å². The van der Waals surface area contributed by atoms with Crippen LogP contribution in [0.5, 0.6) is 11.5 Å². The number of methoxy groups -OCH3 is 2. The number of carbonyl (C=O) groups is 2. The van der Waals surface area contributed by atoms with E-state index in [9.17, 15) is 14.7 Å². The third-order valence-corrected chi connectivity index (χ3v) is 5.75. The summed E-state index contributed by atoms with van der Waals surface area (Å²) < 4.78 is 12.1. The molecule has 4 rings (SSSR count). The molecule has 0 radical (unpaired) electrons. The molecule has 0 spiro atoms. The molecule has 0 aliphatic heterocycles. The number of nitrogens with zero attached hydrogens (tertiary/aromatic N) is 2. The first-order chi connectivity index (χ1) is 15.5. The molecule has 1 N–H and O–H groups in total. The summed E-state index contributed by atoms with van der Waals surface area (Å²) in [6.45, 7) is 0. The van der Waals surface area contributed by atoms with Crippen molar-refractivity contribution in [3.8, 4) is 11.5 Å². The van der Waals surface area contributed by atoms with E-state index in [-0.39, 0.29) is 5.69 Å². The van der Waals surface area contributed by atoms with Crippen LogP contribution in [0.25, 0.3) is 12.3 Å². The minimum absolute atomic E-state index is 0.0511. The molecule has 0 amide bonds. The van der Waals surface area contributed by atoms with Crippen LogP contribution in [0, 0.1) is 0 Å². The van der Waals surface area contributed by atoms with Crippen molar-refractivity contribution in [2.75, 3.05) is 14.2 Å². The van der Waals surface area contributed by atoms with Crippen LogP contribution in [0.15, 0.2) is 60.7 Å². The molecule has 1 aromatic heterocycles. The van der Waals surface area contributed by atoms with E-state index >= 15 is 0 Å². The number of carboxylic acids is 1. The van der Waals surface area contributed by atoms with Crippen LogP contribution >= 0.6 is 0 Å². The van der Waals surface area contributed by atoms with E-state index in [2.05, 4.69) is 5.10 Å². The Morgan fingerprint density at radius 1 is 1.03 bits per heavy atom. The zero-order valence-electron chi connectivity index (χ0n) is 17.7. The molecule has 32 heavy (non-hydrogen) atoms. The molecule has 7 nitrogen and oxygen atoms in total. The smallest absolute Gasteiger partial charge is 0.357 e. The number of carbonyl (C=O) groups excluding carboxylic acids is 1. The van der Waals surface area contributed by atoms with Crippen LogP contribution < -0.4 is 9.47 Å². The average Bonchev–Trinajstić information content (AvgIpc) is 3.20. The maximum atomic E-state index is 11.8. The maximum absolute atomic E-state index is 11.8. The Balaban J connectivity index is 1.92. The zero-order chi connectivity index (χ0) is 22.7. The number of aldehydes is 1. The summed E-state index contributed by atoms with van der Waals surface area (Å²) in [7, 11) is 3.23. The van der Waals surface area contributed by atoms with E-state index in [0.717, 1.165) is 22.6 Å². The minimum atomic E-state index is -1.12. The molecule has 0 bridgehead atoms. The number of hydrogen-bond acceptors (Lipinski definition) is 5. The third-order valence-electron chi connectivity index (χ3n) is 5.75. The lowest BCUT2D eigenvalue weighted by atomic mass is 9.68. The van der Waals surface area contributed by atoms with E-state index in [1.54, 1.807) is 20.3 Å². The minimum Gasteiger partial charge on any atom is -0.497 e. The highest BCUT2D eigenvalue weighted by Crippen LogP contribution is 2.43. The highest BCUT2D eigenvalue weighted by molar-refractivity contribution is 5.91. The number of hydrogen-bond donors (Lipinski definition) is 1. The molecule has 7 heteroatoms. The van der Waals surface area contributed by atoms with Gasteiger partial charge in [0.15, 0.2) is 5.69 Å². The van der Waals surface area contributed by atoms with Crippen LogP contribution in [-0.4, -0.2) is 41.4 Å². The van der Waals surface area contributed by atoms with Gasteiger partial charge >= 0.3 is 5.97 Å². The third kappa shape index (κ3) is 3.58. The van der Waals surface area contributed by atoms with E-state index in [0.29, 0.717) is 24.0 Å². The summed E-state index contributed by atoms with van der Waals surface area (Å²) in [5.74, 6) is 0.364. The van der Waals surface area contributed by atoms with Crippen LogP contribution in [0.2, 0.25) is 0 Å². The number of benzene rings is 2. The predicted molar refractivity (Wildman–Crippen MR) is 120 cm³/mol. The second-order valence-electron chi connectivity index (χ2n) is 7.37. The highest BCUT2D eigenvalue weighted by atomic mass is 16.5. The highest BCUT2D eigenvalue weighted by Gasteiger charge is 2.38. The number of fused-ring (bicyclic) bond motifs is 1. The van der Waals surface area contributed by atoms with E-state index in [1.165, 1.54) is 17.0 Å². The van der Waals surface area contributed by atoms with Crippen molar-refractivity contribution in [1.29, 1.82) is 0 Å². The molecule has 1 aliphatic rings. The van der Waals surface area contributed by atoms with E-state index in [1.807, 2.05) is 54.6 Å². The predicted octanol–water partition coefficient (Wildman–Crippen LogP) is 3.82. The first-order valence-corrected chi connectivity index (χ1v) is 9.97. The molecule has 0 atom stereocenters. The van der Waals surface area contributed by atoms with Crippen molar-refractivity contribution in [1.82, 2.24) is 9.78 Å². The lowest BCUT2D eigenvalue weighted by molar-refractivity contribution is -0.104. The Morgan fingerprint density at radius 2 is 1.59 bits per heavy atom. The molecule has 0 fully saturated rings. The maximum Gasteiger partial charge on any atom is 0.357 e. The summed E-state index contributed by atoms with van der Waals surface area (Å²) in [5.41, 5.74) is 2.61. The van der Waals surface area contributed by atoms with Crippen molar-refractivity contribution >= 4 is 24.5 Å². The fraction of sp³-hybridized carbons (Fsp3) is 0.160. The molecule has 1 heterocycles. The summed E-state index contributed by atoms with van der Waals surface area (Å²) in [5, 5.41) is 13.8. The number of carboxylic acid groups (broad SMARTS) is 1. The van der Waals surface area contributed by atoms with Crippen molar-refractivity contribution in [3.63, 3.8) is 0 Å². The van der Waals surface area contributed by atoms with Gasteiger partial charge in [0.1, 0.15) is 17.8 Å². The van der Waals surface area contributed by atoms with Gasteiger partial charge in [-0.3, -0.25) is 4.79 Å². The van der Waals surface area contributed by atoms with Gasteiger partial charge in [-0.25, -0.2) is 9.48 Å². The second-order valence-corrected chi connectivity index (χ2v) is 7.37. The largest absolute Gasteiger partial charge is 0.497 e. The summed E-state index contributed by atoms with van der Waals surface area (Å²) >= 11 is 0. The lowest BCUT2D eigenvalue weighted by Crippen LogP contribution is -2.31. The Hall–Kier alpha value is -4.13. The molecule has 2 aromatic carbocycles. The molecular weight excluding hydrogens is 408 g/mol. The molecule has 1 aliphatic carbocycles. The van der Waals surface area contributed by atoms with Crippen LogP contribution in [0.3, 0.4) is 0 Å². The standard InChI is InChI=1S/C25H22N2O5/c1-31-19-8-4-17(5-9-19)25(18-6-10-20(32-2)11-7-18)13-12-21-22(16-25)27(14-3-15-28)26-23(21)24(29)30/h3-15H,16H2,1-2H3,(H,29,30). The van der Waals surface area contributed by atoms with Gasteiger partial charge < -0.3 is 14.6 Å². The molecule has 0 unspecified atom stereocenters. The van der Waals surface area contributed by atoms with Crippen molar-refractivity contribution in [2.45, 2.75) is 11.8 Å². The summed E-state index contributed by atoms with van der Waals surface area (Å²) in [6.07, 6.45) is 7.66. The Kier molecular flexibility index (Phi) is 5.64. The summed E-state index contributed by atoms with van der Waals surface area (Å²) in [6, 6.07) is 15.6. The van der Waals surface area contributed by atoms with Gasteiger partial charge in [0.05, 0.1) is 19.9 Å². The van der Waals surface area contributed by atoms with Gasteiger partial charge in [0, 0.05) is 23.6 Å². The lowest BCUT2D eigenvalue weighted by Gasteiger charge is -2.35. The Bertz CT molecular complexity index is 1160. The van der Waals surface area contributed by atoms with Crippen molar-refractivity contribution in [2.24, 2.45) is 0 Å². The number of rotatable bonds is 7. The molecule has 0 saturated carbocycles. The van der Waals surface area contributed by atoms with Gasteiger partial charge in [-0.1, -0.05) is 36.4 Å².